The minimum Gasteiger partial charge on any atom is -0.459 e. The van der Waals surface area contributed by atoms with Crippen LogP contribution in [0.2, 0.25) is 0 Å². The highest BCUT2D eigenvalue weighted by Crippen LogP contribution is 2.62. The Balaban J connectivity index is 1.28. The number of esters is 2. The third-order valence-corrected chi connectivity index (χ3v) is 7.49. The summed E-state index contributed by atoms with van der Waals surface area (Å²) in [5, 5.41) is 5.64. The molecule has 0 radical (unpaired) electrons. The van der Waals surface area contributed by atoms with Crippen molar-refractivity contribution in [1.82, 2.24) is 10.6 Å². The fourth-order valence-electron chi connectivity index (χ4n) is 6.16. The number of alkyl carbamates (subject to hydrolysis) is 2. The minimum absolute atomic E-state index is 0.00589. The van der Waals surface area contributed by atoms with Gasteiger partial charge in [-0.25, -0.2) is 19.2 Å². The van der Waals surface area contributed by atoms with Gasteiger partial charge in [-0.2, -0.15) is 0 Å². The third-order valence-electron chi connectivity index (χ3n) is 7.49. The smallest absolute Gasteiger partial charge is 0.407 e. The second-order valence-electron chi connectivity index (χ2n) is 9.43. The molecule has 2 N–H and O–H groups in total. The van der Waals surface area contributed by atoms with Crippen LogP contribution in [-0.2, 0) is 28.5 Å². The summed E-state index contributed by atoms with van der Waals surface area (Å²) in [7, 11) is 0. The van der Waals surface area contributed by atoms with Gasteiger partial charge in [0.2, 0.25) is 0 Å². The number of carbonyl (C=O) groups excluding carboxylic acids is 4. The molecule has 3 aliphatic rings. The Bertz CT molecular complexity index is 800. The Labute approximate surface area is 205 Å². The molecule has 2 amide bonds. The van der Waals surface area contributed by atoms with E-state index in [-0.39, 0.29) is 26.4 Å². The van der Waals surface area contributed by atoms with Crippen molar-refractivity contribution >= 4 is 24.1 Å². The molecule has 0 aromatic rings. The van der Waals surface area contributed by atoms with Gasteiger partial charge in [0.1, 0.15) is 26.4 Å². The van der Waals surface area contributed by atoms with E-state index < -0.39 is 24.1 Å². The Hall–Kier alpha value is -3.04. The highest BCUT2D eigenvalue weighted by Gasteiger charge is 2.55. The molecule has 3 saturated carbocycles. The van der Waals surface area contributed by atoms with Gasteiger partial charge >= 0.3 is 24.1 Å². The van der Waals surface area contributed by atoms with Crippen LogP contribution in [-0.4, -0.2) is 63.6 Å². The molecule has 6 unspecified atom stereocenters. The second-order valence-corrected chi connectivity index (χ2v) is 9.43. The molecule has 0 aromatic carbocycles. The molecule has 2 bridgehead atoms. The normalized spacial score (nSPS) is 27.9. The third kappa shape index (κ3) is 7.73. The van der Waals surface area contributed by atoms with Crippen LogP contribution in [0.4, 0.5) is 9.59 Å². The number of ether oxygens (including phenoxy) is 4. The van der Waals surface area contributed by atoms with E-state index in [4.69, 9.17) is 18.9 Å². The van der Waals surface area contributed by atoms with Gasteiger partial charge in [-0.3, -0.25) is 0 Å². The van der Waals surface area contributed by atoms with Crippen molar-refractivity contribution < 1.29 is 38.1 Å². The van der Waals surface area contributed by atoms with Gasteiger partial charge in [0.25, 0.3) is 0 Å². The zero-order valence-corrected chi connectivity index (χ0v) is 20.1. The number of fused-ring (bicyclic) bond motifs is 5. The van der Waals surface area contributed by atoms with E-state index >= 15 is 0 Å². The molecule has 10 heteroatoms. The Morgan fingerprint density at radius 3 is 1.91 bits per heavy atom. The van der Waals surface area contributed by atoms with Crippen LogP contribution in [0.3, 0.4) is 0 Å². The Morgan fingerprint density at radius 1 is 0.714 bits per heavy atom. The van der Waals surface area contributed by atoms with E-state index in [0.29, 0.717) is 42.7 Å². The first-order chi connectivity index (χ1) is 16.9. The monoisotopic (exact) mass is 492 g/mol. The molecule has 0 saturated heterocycles. The largest absolute Gasteiger partial charge is 0.459 e. The van der Waals surface area contributed by atoms with Crippen LogP contribution in [0, 0.1) is 35.5 Å². The number of hydrogen-bond acceptors (Lipinski definition) is 8. The van der Waals surface area contributed by atoms with Crippen LogP contribution in [0.15, 0.2) is 25.3 Å². The molecule has 6 atom stereocenters. The maximum Gasteiger partial charge on any atom is 0.407 e. The van der Waals surface area contributed by atoms with Crippen molar-refractivity contribution in [1.29, 1.82) is 0 Å². The van der Waals surface area contributed by atoms with E-state index in [2.05, 4.69) is 23.8 Å². The summed E-state index contributed by atoms with van der Waals surface area (Å²) in [6.45, 7) is 7.80. The lowest BCUT2D eigenvalue weighted by Crippen LogP contribution is -2.35. The average molecular weight is 493 g/mol. The molecule has 0 spiro atoms. The lowest BCUT2D eigenvalue weighted by atomic mass is 9.76. The highest BCUT2D eigenvalue weighted by atomic mass is 16.6. The van der Waals surface area contributed by atoms with Crippen molar-refractivity contribution in [2.45, 2.75) is 32.1 Å². The van der Waals surface area contributed by atoms with Gasteiger partial charge in [-0.05, 0) is 67.6 Å². The van der Waals surface area contributed by atoms with E-state index in [1.165, 1.54) is 12.8 Å². The maximum absolute atomic E-state index is 11.9. The van der Waals surface area contributed by atoms with Gasteiger partial charge in [0, 0.05) is 25.2 Å². The van der Waals surface area contributed by atoms with Crippen LogP contribution < -0.4 is 10.6 Å². The molecular weight excluding hydrogens is 456 g/mol. The molecule has 35 heavy (non-hydrogen) atoms. The Morgan fingerprint density at radius 2 is 1.29 bits per heavy atom. The lowest BCUT2D eigenvalue weighted by Gasteiger charge is -2.31. The van der Waals surface area contributed by atoms with Crippen LogP contribution >= 0.6 is 0 Å². The summed E-state index contributed by atoms with van der Waals surface area (Å²) in [6.07, 6.45) is 6.79. The lowest BCUT2D eigenvalue weighted by molar-refractivity contribution is -0.139. The summed E-state index contributed by atoms with van der Waals surface area (Å²) >= 11 is 0. The zero-order chi connectivity index (χ0) is 25.2. The predicted octanol–water partition coefficient (Wildman–Crippen LogP) is 2.59. The van der Waals surface area contributed by atoms with Crippen LogP contribution in [0.25, 0.3) is 0 Å². The van der Waals surface area contributed by atoms with Gasteiger partial charge < -0.3 is 29.6 Å². The number of hydrogen-bond donors (Lipinski definition) is 2. The Kier molecular flexibility index (Phi) is 9.98. The molecule has 0 heterocycles. The van der Waals surface area contributed by atoms with Gasteiger partial charge in [-0.1, -0.05) is 13.2 Å². The molecule has 3 aliphatic carbocycles. The van der Waals surface area contributed by atoms with E-state index in [0.717, 1.165) is 37.3 Å². The van der Waals surface area contributed by atoms with Crippen LogP contribution in [0.5, 0.6) is 0 Å². The second kappa shape index (κ2) is 13.2. The topological polar surface area (TPSA) is 129 Å². The van der Waals surface area contributed by atoms with E-state index in [1.807, 2.05) is 0 Å². The summed E-state index contributed by atoms with van der Waals surface area (Å²) < 4.78 is 19.6. The average Bonchev–Trinajstić information content (AvgIpc) is 3.54. The molecule has 3 rings (SSSR count). The molecule has 3 fully saturated rings. The van der Waals surface area contributed by atoms with Crippen LogP contribution in [0.1, 0.15) is 32.1 Å². The minimum atomic E-state index is -0.545. The fourth-order valence-corrected chi connectivity index (χ4v) is 6.16. The van der Waals surface area contributed by atoms with Crippen molar-refractivity contribution in [3.8, 4) is 0 Å². The fraction of sp³-hybridized carbons (Fsp3) is 0.680. The van der Waals surface area contributed by atoms with Gasteiger partial charge in [0.05, 0.1) is 0 Å². The molecule has 194 valence electrons. The van der Waals surface area contributed by atoms with Crippen molar-refractivity contribution in [3.63, 3.8) is 0 Å². The first-order valence-corrected chi connectivity index (χ1v) is 12.3. The first-order valence-electron chi connectivity index (χ1n) is 12.3. The summed E-state index contributed by atoms with van der Waals surface area (Å²) in [5.41, 5.74) is 0. The van der Waals surface area contributed by atoms with Gasteiger partial charge in [0.15, 0.2) is 0 Å². The van der Waals surface area contributed by atoms with Crippen molar-refractivity contribution in [2.24, 2.45) is 35.5 Å². The number of carbonyl (C=O) groups is 4. The molecule has 0 aliphatic heterocycles. The number of nitrogens with one attached hydrogen (secondary N) is 2. The maximum atomic E-state index is 11.9. The molecular formula is C25H36N2O8. The molecule has 0 aromatic heterocycles. The predicted molar refractivity (Wildman–Crippen MR) is 125 cm³/mol. The summed E-state index contributed by atoms with van der Waals surface area (Å²) in [6, 6.07) is 0. The number of rotatable bonds is 13. The van der Waals surface area contributed by atoms with Gasteiger partial charge in [-0.15, -0.1) is 0 Å². The van der Waals surface area contributed by atoms with Crippen molar-refractivity contribution in [2.75, 3.05) is 39.5 Å². The van der Waals surface area contributed by atoms with E-state index in [9.17, 15) is 19.2 Å². The first kappa shape index (κ1) is 26.6. The quantitative estimate of drug-likeness (QED) is 0.174. The highest BCUT2D eigenvalue weighted by molar-refractivity contribution is 5.81. The summed E-state index contributed by atoms with van der Waals surface area (Å²) in [5.74, 6) is 2.74. The number of amides is 2. The SMILES string of the molecule is C=CC(=O)OCCOC(=O)NCCC1CC2C3CC(CNC(=O)OCCOC(=O)C=C)C(C3)C2C1. The summed E-state index contributed by atoms with van der Waals surface area (Å²) in [4.78, 5) is 45.6. The van der Waals surface area contributed by atoms with E-state index in [1.54, 1.807) is 0 Å². The standard InChI is InChI=1S/C25H36N2O8/c1-3-22(28)32-7-9-34-24(30)26-6-5-16-11-19-17-13-18(20(14-17)21(19)12-16)15-27-25(31)35-10-8-33-23(29)4-2/h3-4,16-21H,1-2,5-15H2,(H,26,30)(H,27,31). The zero-order valence-electron chi connectivity index (χ0n) is 20.1. The molecule has 10 nitrogen and oxygen atoms in total. The van der Waals surface area contributed by atoms with Crippen molar-refractivity contribution in [3.05, 3.63) is 25.3 Å².